The van der Waals surface area contributed by atoms with Gasteiger partial charge in [0.25, 0.3) is 0 Å². The van der Waals surface area contributed by atoms with Crippen molar-refractivity contribution < 1.29 is 14.3 Å². The Morgan fingerprint density at radius 3 is 2.73 bits per heavy atom. The van der Waals surface area contributed by atoms with Crippen molar-refractivity contribution in [2.45, 2.75) is 32.0 Å². The molecule has 2 unspecified atom stereocenters. The number of carbonyl (C=O) groups is 1. The van der Waals surface area contributed by atoms with Crippen LogP contribution in [0.4, 0.5) is 5.82 Å². The summed E-state index contributed by atoms with van der Waals surface area (Å²) in [7, 11) is 0. The van der Waals surface area contributed by atoms with Gasteiger partial charge < -0.3 is 19.7 Å². The molecule has 2 aromatic carbocycles. The highest BCUT2D eigenvalue weighted by molar-refractivity contribution is 6.29. The number of aryl methyl sites for hydroxylation is 1. The first-order chi connectivity index (χ1) is 20.0. The second-order valence-electron chi connectivity index (χ2n) is 10.4. The first kappa shape index (κ1) is 27.0. The van der Waals surface area contributed by atoms with Gasteiger partial charge in [0.1, 0.15) is 30.0 Å². The fourth-order valence-electron chi connectivity index (χ4n) is 5.23. The van der Waals surface area contributed by atoms with Crippen LogP contribution in [0, 0.1) is 6.92 Å². The highest BCUT2D eigenvalue weighted by atomic mass is 35.5. The minimum atomic E-state index is -0.139. The van der Waals surface area contributed by atoms with Gasteiger partial charge in [0.2, 0.25) is 11.9 Å². The van der Waals surface area contributed by atoms with E-state index in [0.717, 1.165) is 23.6 Å². The Hall–Kier alpha value is -4.15. The van der Waals surface area contributed by atoms with E-state index in [0.29, 0.717) is 56.1 Å². The molecule has 2 aliphatic rings. The van der Waals surface area contributed by atoms with E-state index in [-0.39, 0.29) is 18.1 Å². The SMILES string of the molecule is Cc1ccc(CNC(=O)CC2CN(CC3COc4ccccc4O3)CCN2c2cc(Cl)nc(-n3ccnc3)n2)cc1. The van der Waals surface area contributed by atoms with Gasteiger partial charge in [-0.3, -0.25) is 14.3 Å². The number of fused-ring (bicyclic) bond motifs is 1. The van der Waals surface area contributed by atoms with E-state index in [4.69, 9.17) is 26.1 Å². The molecule has 10 nitrogen and oxygen atoms in total. The van der Waals surface area contributed by atoms with Crippen LogP contribution < -0.4 is 19.7 Å². The van der Waals surface area contributed by atoms with Gasteiger partial charge in [0.05, 0.1) is 6.04 Å². The third-order valence-corrected chi connectivity index (χ3v) is 7.52. The molecule has 41 heavy (non-hydrogen) atoms. The van der Waals surface area contributed by atoms with Crippen LogP contribution in [0.15, 0.2) is 73.3 Å². The zero-order valence-corrected chi connectivity index (χ0v) is 23.6. The number of para-hydroxylation sites is 2. The lowest BCUT2D eigenvalue weighted by Crippen LogP contribution is -2.57. The van der Waals surface area contributed by atoms with Crippen LogP contribution in [0.3, 0.4) is 0 Å². The van der Waals surface area contributed by atoms with Crippen LogP contribution in [-0.2, 0) is 11.3 Å². The first-order valence-electron chi connectivity index (χ1n) is 13.7. The number of halogens is 1. The van der Waals surface area contributed by atoms with E-state index in [1.165, 1.54) is 5.56 Å². The Morgan fingerprint density at radius 1 is 1.10 bits per heavy atom. The van der Waals surface area contributed by atoms with Crippen LogP contribution in [0.1, 0.15) is 17.5 Å². The van der Waals surface area contributed by atoms with Crippen LogP contribution in [0.25, 0.3) is 5.95 Å². The second kappa shape index (κ2) is 12.2. The molecule has 0 spiro atoms. The monoisotopic (exact) mass is 573 g/mol. The number of aromatic nitrogens is 4. The van der Waals surface area contributed by atoms with E-state index in [9.17, 15) is 4.79 Å². The highest BCUT2D eigenvalue weighted by Crippen LogP contribution is 2.31. The Kier molecular flexibility index (Phi) is 8.02. The molecule has 212 valence electrons. The summed E-state index contributed by atoms with van der Waals surface area (Å²) in [5, 5.41) is 3.42. The van der Waals surface area contributed by atoms with E-state index in [1.54, 1.807) is 29.4 Å². The van der Waals surface area contributed by atoms with Crippen LogP contribution in [0.2, 0.25) is 5.15 Å². The predicted octanol–water partition coefficient (Wildman–Crippen LogP) is 3.66. The molecule has 4 heterocycles. The number of carbonyl (C=O) groups excluding carboxylic acids is 1. The second-order valence-corrected chi connectivity index (χ2v) is 10.8. The number of nitrogens with one attached hydrogen (secondary N) is 1. The maximum Gasteiger partial charge on any atom is 0.238 e. The molecule has 0 aliphatic carbocycles. The Labute approximate surface area is 243 Å². The molecule has 4 aromatic rings. The van der Waals surface area contributed by atoms with Crippen molar-refractivity contribution in [2.24, 2.45) is 0 Å². The lowest BCUT2D eigenvalue weighted by atomic mass is 10.1. The Bertz CT molecular complexity index is 1480. The minimum Gasteiger partial charge on any atom is -0.486 e. The lowest BCUT2D eigenvalue weighted by Gasteiger charge is -2.43. The largest absolute Gasteiger partial charge is 0.486 e. The number of hydrogen-bond donors (Lipinski definition) is 1. The molecule has 2 aromatic heterocycles. The number of amides is 1. The molecule has 1 saturated heterocycles. The maximum absolute atomic E-state index is 13.2. The topological polar surface area (TPSA) is 97.6 Å². The summed E-state index contributed by atoms with van der Waals surface area (Å²) in [4.78, 5) is 30.9. The molecule has 0 radical (unpaired) electrons. The van der Waals surface area contributed by atoms with Gasteiger partial charge in [-0.2, -0.15) is 4.98 Å². The minimum absolute atomic E-state index is 0.0245. The zero-order valence-electron chi connectivity index (χ0n) is 22.8. The molecule has 0 saturated carbocycles. The number of imidazole rings is 1. The van der Waals surface area contributed by atoms with Gasteiger partial charge in [-0.25, -0.2) is 9.97 Å². The first-order valence-corrected chi connectivity index (χ1v) is 14.1. The van der Waals surface area contributed by atoms with Gasteiger partial charge >= 0.3 is 0 Å². The number of ether oxygens (including phenoxy) is 2. The average molecular weight is 574 g/mol. The molecule has 2 atom stereocenters. The molecule has 6 rings (SSSR count). The summed E-state index contributed by atoms with van der Waals surface area (Å²) in [5.41, 5.74) is 2.25. The van der Waals surface area contributed by atoms with E-state index in [1.807, 2.05) is 55.5 Å². The number of nitrogens with zero attached hydrogens (tertiary/aromatic N) is 6. The molecule has 1 fully saturated rings. The van der Waals surface area contributed by atoms with Gasteiger partial charge in [-0.05, 0) is 24.6 Å². The Morgan fingerprint density at radius 2 is 1.93 bits per heavy atom. The summed E-state index contributed by atoms with van der Waals surface area (Å²) in [6.45, 7) is 5.78. The highest BCUT2D eigenvalue weighted by Gasteiger charge is 2.33. The Balaban J connectivity index is 1.18. The molecule has 1 amide bonds. The van der Waals surface area contributed by atoms with Crippen molar-refractivity contribution in [3.63, 3.8) is 0 Å². The normalized spacial score (nSPS) is 18.7. The maximum atomic E-state index is 13.2. The summed E-state index contributed by atoms with van der Waals surface area (Å²) in [6, 6.07) is 17.5. The summed E-state index contributed by atoms with van der Waals surface area (Å²) in [6.07, 6.45) is 5.27. The van der Waals surface area contributed by atoms with Gasteiger partial charge in [0.15, 0.2) is 11.5 Å². The van der Waals surface area contributed by atoms with Crippen molar-refractivity contribution in [3.05, 3.63) is 89.6 Å². The third kappa shape index (κ3) is 6.61. The zero-order chi connectivity index (χ0) is 28.2. The van der Waals surface area contributed by atoms with Crippen LogP contribution in [0.5, 0.6) is 11.5 Å². The van der Waals surface area contributed by atoms with Gasteiger partial charge in [0, 0.05) is 57.6 Å². The van der Waals surface area contributed by atoms with E-state index < -0.39 is 0 Å². The standard InChI is InChI=1S/C30H32ClN7O3/c1-21-6-8-22(9-7-21)16-33-29(39)14-23-17-36(18-24-19-40-25-4-2-3-5-26(25)41-24)12-13-38(23)28-15-27(31)34-30(35-28)37-11-10-32-20-37/h2-11,15,20,23-24H,12-14,16-19H2,1H3,(H,33,39). The molecule has 0 bridgehead atoms. The lowest BCUT2D eigenvalue weighted by molar-refractivity contribution is -0.121. The fraction of sp³-hybridized carbons (Fsp3) is 0.333. The number of hydrogen-bond acceptors (Lipinski definition) is 8. The van der Waals surface area contributed by atoms with Crippen molar-refractivity contribution in [1.82, 2.24) is 29.7 Å². The van der Waals surface area contributed by atoms with Crippen LogP contribution >= 0.6 is 11.6 Å². The van der Waals surface area contributed by atoms with Crippen LogP contribution in [-0.4, -0.2) is 75.3 Å². The van der Waals surface area contributed by atoms with Crippen molar-refractivity contribution in [3.8, 4) is 17.4 Å². The molecular formula is C30H32ClN7O3. The van der Waals surface area contributed by atoms with E-state index >= 15 is 0 Å². The summed E-state index contributed by atoms with van der Waals surface area (Å²) < 4.78 is 13.9. The summed E-state index contributed by atoms with van der Waals surface area (Å²) >= 11 is 6.44. The molecule has 2 aliphatic heterocycles. The number of benzene rings is 2. The predicted molar refractivity (Wildman–Crippen MR) is 156 cm³/mol. The smallest absolute Gasteiger partial charge is 0.238 e. The number of anilines is 1. The quantitative estimate of drug-likeness (QED) is 0.319. The molecule has 11 heteroatoms. The van der Waals surface area contributed by atoms with Gasteiger partial charge in [-0.1, -0.05) is 53.6 Å². The van der Waals surface area contributed by atoms with Crippen molar-refractivity contribution in [2.75, 3.05) is 37.7 Å². The van der Waals surface area contributed by atoms with E-state index in [2.05, 4.69) is 25.1 Å². The average Bonchev–Trinajstić information content (AvgIpc) is 3.52. The fourth-order valence-corrected chi connectivity index (χ4v) is 5.40. The number of rotatable bonds is 8. The molecule has 1 N–H and O–H groups in total. The number of piperazine rings is 1. The van der Waals surface area contributed by atoms with Crippen molar-refractivity contribution in [1.29, 1.82) is 0 Å². The van der Waals surface area contributed by atoms with Crippen molar-refractivity contribution >= 4 is 23.3 Å². The summed E-state index contributed by atoms with van der Waals surface area (Å²) in [5.74, 6) is 2.61. The van der Waals surface area contributed by atoms with Gasteiger partial charge in [-0.15, -0.1) is 0 Å². The molecular weight excluding hydrogens is 542 g/mol. The third-order valence-electron chi connectivity index (χ3n) is 7.33.